The quantitative estimate of drug-likeness (QED) is 0.715. The smallest absolute Gasteiger partial charge is 0.224 e. The first-order valence-electron chi connectivity index (χ1n) is 7.63. The van der Waals surface area contributed by atoms with Crippen LogP contribution in [0.2, 0.25) is 5.02 Å². The summed E-state index contributed by atoms with van der Waals surface area (Å²) in [6.07, 6.45) is 0.294. The van der Waals surface area contributed by atoms with E-state index in [0.29, 0.717) is 41.8 Å². The number of carbonyl (C=O) groups excluding carboxylic acids is 1. The van der Waals surface area contributed by atoms with Crippen LogP contribution in [0, 0.1) is 0 Å². The third-order valence-electron chi connectivity index (χ3n) is 3.41. The lowest BCUT2D eigenvalue weighted by Crippen LogP contribution is -2.24. The predicted octanol–water partition coefficient (Wildman–Crippen LogP) is 3.61. The first-order chi connectivity index (χ1) is 11.5. The van der Waals surface area contributed by atoms with Gasteiger partial charge < -0.3 is 20.5 Å². The molecular formula is C18H22Cl2N2O3. The van der Waals surface area contributed by atoms with Gasteiger partial charge in [-0.25, -0.2) is 0 Å². The molecule has 2 aromatic carbocycles. The highest BCUT2D eigenvalue weighted by molar-refractivity contribution is 6.32. The van der Waals surface area contributed by atoms with E-state index in [1.54, 1.807) is 31.4 Å². The first kappa shape index (κ1) is 20.9. The summed E-state index contributed by atoms with van der Waals surface area (Å²) in [4.78, 5) is 12.0. The standard InChI is InChI=1S/C18H21ClN2O3.ClH/c1-3-24-18-15(19)8-13(9-16(18)23-2)11-21-17(22)10-12-4-6-14(20)7-5-12;/h4-9H,3,10-11,20H2,1-2H3,(H,21,22);1H. The lowest BCUT2D eigenvalue weighted by molar-refractivity contribution is -0.120. The summed E-state index contributed by atoms with van der Waals surface area (Å²) in [5.74, 6) is 0.981. The minimum Gasteiger partial charge on any atom is -0.493 e. The van der Waals surface area contributed by atoms with Gasteiger partial charge in [-0.05, 0) is 42.3 Å². The van der Waals surface area contributed by atoms with E-state index < -0.39 is 0 Å². The van der Waals surface area contributed by atoms with Crippen LogP contribution < -0.4 is 20.5 Å². The van der Waals surface area contributed by atoms with E-state index in [0.717, 1.165) is 11.1 Å². The second-order valence-electron chi connectivity index (χ2n) is 5.24. The maximum absolute atomic E-state index is 12.0. The zero-order valence-electron chi connectivity index (χ0n) is 14.2. The van der Waals surface area contributed by atoms with Crippen LogP contribution >= 0.6 is 24.0 Å². The third kappa shape index (κ3) is 6.03. The van der Waals surface area contributed by atoms with Crippen LogP contribution in [-0.2, 0) is 17.8 Å². The molecule has 0 fully saturated rings. The Morgan fingerprint density at radius 2 is 1.88 bits per heavy atom. The molecule has 0 saturated heterocycles. The molecule has 0 aliphatic heterocycles. The number of ether oxygens (including phenoxy) is 2. The Kier molecular flexibility index (Phi) is 8.38. The molecule has 0 unspecified atom stereocenters. The zero-order chi connectivity index (χ0) is 17.5. The van der Waals surface area contributed by atoms with Crippen molar-refractivity contribution < 1.29 is 14.3 Å². The number of benzene rings is 2. The summed E-state index contributed by atoms with van der Waals surface area (Å²) in [6.45, 7) is 2.73. The lowest BCUT2D eigenvalue weighted by atomic mass is 10.1. The van der Waals surface area contributed by atoms with Crippen molar-refractivity contribution in [2.75, 3.05) is 19.5 Å². The topological polar surface area (TPSA) is 73.6 Å². The molecule has 0 heterocycles. The van der Waals surface area contributed by atoms with E-state index in [1.807, 2.05) is 19.1 Å². The number of hydrogen-bond donors (Lipinski definition) is 2. The van der Waals surface area contributed by atoms with E-state index in [9.17, 15) is 4.79 Å². The Morgan fingerprint density at radius 3 is 2.48 bits per heavy atom. The maximum Gasteiger partial charge on any atom is 0.224 e. The summed E-state index contributed by atoms with van der Waals surface area (Å²) in [5, 5.41) is 3.32. The Balaban J connectivity index is 0.00000312. The van der Waals surface area contributed by atoms with Crippen molar-refractivity contribution in [3.8, 4) is 11.5 Å². The van der Waals surface area contributed by atoms with Crippen molar-refractivity contribution in [1.82, 2.24) is 5.32 Å². The molecule has 0 radical (unpaired) electrons. The molecule has 3 N–H and O–H groups in total. The van der Waals surface area contributed by atoms with Gasteiger partial charge in [0.1, 0.15) is 0 Å². The fraction of sp³-hybridized carbons (Fsp3) is 0.278. The van der Waals surface area contributed by atoms with Crippen molar-refractivity contribution in [1.29, 1.82) is 0 Å². The number of nitrogens with one attached hydrogen (secondary N) is 1. The number of amides is 1. The molecule has 25 heavy (non-hydrogen) atoms. The van der Waals surface area contributed by atoms with Crippen LogP contribution in [0.5, 0.6) is 11.5 Å². The monoisotopic (exact) mass is 384 g/mol. The number of halogens is 2. The highest BCUT2D eigenvalue weighted by Gasteiger charge is 2.12. The fourth-order valence-electron chi connectivity index (χ4n) is 2.24. The average molecular weight is 385 g/mol. The van der Waals surface area contributed by atoms with E-state index in [1.165, 1.54) is 0 Å². The summed E-state index contributed by atoms with van der Waals surface area (Å²) >= 11 is 6.22. The fourth-order valence-corrected chi connectivity index (χ4v) is 2.53. The van der Waals surface area contributed by atoms with Crippen LogP contribution in [0.25, 0.3) is 0 Å². The van der Waals surface area contributed by atoms with E-state index >= 15 is 0 Å². The molecule has 0 aromatic heterocycles. The van der Waals surface area contributed by atoms with Crippen molar-refractivity contribution in [2.45, 2.75) is 19.9 Å². The predicted molar refractivity (Wildman–Crippen MR) is 103 cm³/mol. The molecule has 136 valence electrons. The Labute approximate surface area is 158 Å². The number of nitrogen functional groups attached to an aromatic ring is 1. The second kappa shape index (κ2) is 10.0. The van der Waals surface area contributed by atoms with Gasteiger partial charge >= 0.3 is 0 Å². The molecule has 0 atom stereocenters. The van der Waals surface area contributed by atoms with Crippen molar-refractivity contribution in [3.05, 3.63) is 52.5 Å². The summed E-state index contributed by atoms with van der Waals surface area (Å²) in [7, 11) is 1.55. The highest BCUT2D eigenvalue weighted by atomic mass is 35.5. The molecule has 0 saturated carbocycles. The zero-order valence-corrected chi connectivity index (χ0v) is 15.7. The lowest BCUT2D eigenvalue weighted by Gasteiger charge is -2.13. The number of rotatable bonds is 7. The number of carbonyl (C=O) groups is 1. The third-order valence-corrected chi connectivity index (χ3v) is 3.69. The highest BCUT2D eigenvalue weighted by Crippen LogP contribution is 2.36. The minimum absolute atomic E-state index is 0. The van der Waals surface area contributed by atoms with Crippen LogP contribution in [0.15, 0.2) is 36.4 Å². The minimum atomic E-state index is -0.0799. The molecule has 0 aliphatic rings. The molecule has 2 aromatic rings. The van der Waals surface area contributed by atoms with Crippen LogP contribution in [0.1, 0.15) is 18.1 Å². The van der Waals surface area contributed by atoms with Crippen LogP contribution in [-0.4, -0.2) is 19.6 Å². The Bertz CT molecular complexity index is 706. The summed E-state index contributed by atoms with van der Waals surface area (Å²) in [6, 6.07) is 10.8. The number of hydrogen-bond acceptors (Lipinski definition) is 4. The van der Waals surface area contributed by atoms with Crippen LogP contribution in [0.3, 0.4) is 0 Å². The largest absolute Gasteiger partial charge is 0.493 e. The summed E-state index contributed by atoms with van der Waals surface area (Å²) < 4.78 is 10.8. The molecular weight excluding hydrogens is 363 g/mol. The van der Waals surface area contributed by atoms with Gasteiger partial charge in [0.15, 0.2) is 11.5 Å². The summed E-state index contributed by atoms with van der Waals surface area (Å²) in [5.41, 5.74) is 8.05. The number of nitrogens with two attached hydrogens (primary N) is 1. The second-order valence-corrected chi connectivity index (χ2v) is 5.64. The molecule has 5 nitrogen and oxygen atoms in total. The molecule has 2 rings (SSSR count). The normalized spacial score (nSPS) is 9.88. The van der Waals surface area contributed by atoms with Gasteiger partial charge in [0.25, 0.3) is 0 Å². The SMILES string of the molecule is CCOc1c(Cl)cc(CNC(=O)Cc2ccc(N)cc2)cc1OC.Cl. The molecule has 1 amide bonds. The van der Waals surface area contributed by atoms with Crippen molar-refractivity contribution in [3.63, 3.8) is 0 Å². The van der Waals surface area contributed by atoms with E-state index in [2.05, 4.69) is 5.32 Å². The van der Waals surface area contributed by atoms with Gasteiger partial charge in [-0.2, -0.15) is 0 Å². The van der Waals surface area contributed by atoms with Gasteiger partial charge in [-0.3, -0.25) is 4.79 Å². The van der Waals surface area contributed by atoms with E-state index in [-0.39, 0.29) is 18.3 Å². The van der Waals surface area contributed by atoms with Gasteiger partial charge in [0.05, 0.1) is 25.2 Å². The van der Waals surface area contributed by atoms with Gasteiger partial charge in [0, 0.05) is 12.2 Å². The van der Waals surface area contributed by atoms with Crippen molar-refractivity contribution in [2.24, 2.45) is 0 Å². The van der Waals surface area contributed by atoms with Gasteiger partial charge in [-0.15, -0.1) is 12.4 Å². The molecule has 0 spiro atoms. The number of methoxy groups -OCH3 is 1. The van der Waals surface area contributed by atoms with Gasteiger partial charge in [0.2, 0.25) is 5.91 Å². The molecule has 0 aliphatic carbocycles. The molecule has 0 bridgehead atoms. The van der Waals surface area contributed by atoms with E-state index in [4.69, 9.17) is 26.8 Å². The first-order valence-corrected chi connectivity index (χ1v) is 8.01. The number of anilines is 1. The Hall–Kier alpha value is -2.11. The van der Waals surface area contributed by atoms with Crippen molar-refractivity contribution >= 4 is 35.6 Å². The average Bonchev–Trinajstić information content (AvgIpc) is 2.57. The van der Waals surface area contributed by atoms with Crippen LogP contribution in [0.4, 0.5) is 5.69 Å². The molecule has 7 heteroatoms. The Morgan fingerprint density at radius 1 is 1.20 bits per heavy atom. The maximum atomic E-state index is 12.0. The van der Waals surface area contributed by atoms with Gasteiger partial charge in [-0.1, -0.05) is 23.7 Å².